The molecule has 0 bridgehead atoms. The number of hydrogen-bond donors (Lipinski definition) is 0. The van der Waals surface area contributed by atoms with Crippen LogP contribution in [-0.2, 0) is 0 Å². The summed E-state index contributed by atoms with van der Waals surface area (Å²) in [6, 6.07) is 0. The third-order valence-corrected chi connectivity index (χ3v) is 0. The largest absolute Gasteiger partial charge is 1.00 e. The third kappa shape index (κ3) is 434. The van der Waals surface area contributed by atoms with E-state index in [0.717, 1.165) is 0 Å². The molecule has 0 amide bonds. The molecule has 0 unspecified atom stereocenters. The van der Waals surface area contributed by atoms with Crippen molar-refractivity contribution >= 4 is 11.9 Å². The molecule has 0 fully saturated rings. The SMILES string of the molecule is O.O.O.O.O.O.[Na+].[O-]Cl. The molecule has 9 heavy (non-hydrogen) atoms. The summed E-state index contributed by atoms with van der Waals surface area (Å²) in [4.78, 5) is 0. The van der Waals surface area contributed by atoms with Crippen molar-refractivity contribution in [1.82, 2.24) is 0 Å². The maximum absolute atomic E-state index is 7.72. The van der Waals surface area contributed by atoms with E-state index in [-0.39, 0.29) is 62.4 Å². The van der Waals surface area contributed by atoms with Crippen molar-refractivity contribution in [2.24, 2.45) is 0 Å². The van der Waals surface area contributed by atoms with E-state index in [9.17, 15) is 0 Å². The Kier molecular flexibility index (Phi) is 12700. The van der Waals surface area contributed by atoms with Crippen LogP contribution in [0.5, 0.6) is 0 Å². The Morgan fingerprint density at radius 2 is 0.556 bits per heavy atom. The van der Waals surface area contributed by atoms with Gasteiger partial charge in [0, 0.05) is 0 Å². The first-order valence-corrected chi connectivity index (χ1v) is 0.463. The Balaban J connectivity index is -0.000000000238. The van der Waals surface area contributed by atoms with Crippen LogP contribution < -0.4 is 34.2 Å². The van der Waals surface area contributed by atoms with Gasteiger partial charge in [0.15, 0.2) is 0 Å². The topological polar surface area (TPSA) is 212 Å². The van der Waals surface area contributed by atoms with Crippen molar-refractivity contribution in [3.8, 4) is 0 Å². The molecule has 62 valence electrons. The van der Waals surface area contributed by atoms with Crippen molar-refractivity contribution in [2.75, 3.05) is 0 Å². The fraction of sp³-hybridized carbons (Fsp3) is 0. The smallest absolute Gasteiger partial charge is 0.769 e. The molecule has 0 aromatic carbocycles. The van der Waals surface area contributed by atoms with Gasteiger partial charge in [0.1, 0.15) is 0 Å². The van der Waals surface area contributed by atoms with E-state index in [1.165, 1.54) is 0 Å². The monoisotopic (exact) mass is 182 g/mol. The maximum atomic E-state index is 7.72. The molecule has 0 aromatic heterocycles. The average Bonchev–Trinajstić information content (AvgIpc) is 1.00. The average molecular weight is 183 g/mol. The van der Waals surface area contributed by atoms with Crippen molar-refractivity contribution in [3.05, 3.63) is 0 Å². The zero-order valence-corrected chi connectivity index (χ0v) is 7.54. The third-order valence-electron chi connectivity index (χ3n) is 0. The van der Waals surface area contributed by atoms with E-state index < -0.39 is 0 Å². The molecule has 0 aliphatic rings. The predicted octanol–water partition coefficient (Wildman–Crippen LogP) is -8.44. The fourth-order valence-electron chi connectivity index (χ4n) is 0. The van der Waals surface area contributed by atoms with E-state index in [0.29, 0.717) is 0 Å². The first kappa shape index (κ1) is 201. The van der Waals surface area contributed by atoms with Crippen LogP contribution in [0.15, 0.2) is 0 Å². The minimum atomic E-state index is 0. The molecule has 0 saturated carbocycles. The summed E-state index contributed by atoms with van der Waals surface area (Å²) in [6.45, 7) is 0. The molecule has 0 aliphatic carbocycles. The summed E-state index contributed by atoms with van der Waals surface area (Å²) >= 11 is 3.39. The zero-order chi connectivity index (χ0) is 2.00. The Labute approximate surface area is 78.9 Å². The van der Waals surface area contributed by atoms with Crippen LogP contribution >= 0.6 is 11.9 Å². The molecule has 0 heterocycles. The van der Waals surface area contributed by atoms with E-state index in [1.54, 1.807) is 0 Å². The van der Waals surface area contributed by atoms with Crippen LogP contribution in [0.1, 0.15) is 0 Å². The van der Waals surface area contributed by atoms with Gasteiger partial charge in [-0.3, -0.25) is 0 Å². The predicted molar refractivity (Wildman–Crippen MR) is 27.5 cm³/mol. The summed E-state index contributed by atoms with van der Waals surface area (Å²) in [5, 5.41) is 0. The molecule has 0 spiro atoms. The van der Waals surface area contributed by atoms with Gasteiger partial charge >= 0.3 is 29.6 Å². The van der Waals surface area contributed by atoms with Gasteiger partial charge in [0.05, 0.1) is 0 Å². The van der Waals surface area contributed by atoms with Gasteiger partial charge in [-0.15, -0.1) is 0 Å². The Hall–Kier alpha value is 1.01. The van der Waals surface area contributed by atoms with Gasteiger partial charge in [0.25, 0.3) is 0 Å². The Bertz CT molecular complexity index is 8.88. The van der Waals surface area contributed by atoms with E-state index in [4.69, 9.17) is 4.66 Å². The number of hydrogen-bond acceptors (Lipinski definition) is 1. The Morgan fingerprint density at radius 1 is 0.556 bits per heavy atom. The molecule has 0 rings (SSSR count). The molecular formula is H12ClNaO7. The first-order chi connectivity index (χ1) is 1.00. The summed E-state index contributed by atoms with van der Waals surface area (Å²) in [5.41, 5.74) is 0. The van der Waals surface area contributed by atoms with E-state index in [1.807, 2.05) is 0 Å². The van der Waals surface area contributed by atoms with Crippen molar-refractivity contribution in [2.45, 2.75) is 0 Å². The summed E-state index contributed by atoms with van der Waals surface area (Å²) in [6.07, 6.45) is 0. The van der Waals surface area contributed by atoms with Crippen LogP contribution in [0.3, 0.4) is 0 Å². The standard InChI is InChI=1S/ClO.Na.6H2O/c1-2;;;;;;;/h;;6*1H2/q-1;+1;;;;;;. The van der Waals surface area contributed by atoms with Gasteiger partial charge in [-0.2, -0.15) is 0 Å². The van der Waals surface area contributed by atoms with Crippen LogP contribution in [0.4, 0.5) is 0 Å². The van der Waals surface area contributed by atoms with Crippen LogP contribution in [0, 0.1) is 0 Å². The zero-order valence-electron chi connectivity index (χ0n) is 4.79. The fourth-order valence-corrected chi connectivity index (χ4v) is 0. The first-order valence-electron chi connectivity index (χ1n) is 0.154. The molecule has 0 aromatic rings. The molecule has 7 nitrogen and oxygen atoms in total. The molecule has 0 atom stereocenters. The van der Waals surface area contributed by atoms with Crippen LogP contribution in [0.25, 0.3) is 0 Å². The molecule has 0 radical (unpaired) electrons. The van der Waals surface area contributed by atoms with Crippen molar-refractivity contribution < 1.29 is 67.1 Å². The van der Waals surface area contributed by atoms with E-state index in [2.05, 4.69) is 11.9 Å². The van der Waals surface area contributed by atoms with Gasteiger partial charge < -0.3 is 37.5 Å². The molecule has 0 saturated heterocycles. The second-order valence-electron chi connectivity index (χ2n) is 0. The molecular weight excluding hydrogens is 170 g/mol. The van der Waals surface area contributed by atoms with Crippen LogP contribution in [0.2, 0.25) is 0 Å². The molecule has 0 aliphatic heterocycles. The van der Waals surface area contributed by atoms with Crippen molar-refractivity contribution in [1.29, 1.82) is 0 Å². The maximum Gasteiger partial charge on any atom is 1.00 e. The van der Waals surface area contributed by atoms with Gasteiger partial charge in [-0.05, 0) is 0 Å². The second kappa shape index (κ2) is 567. The Morgan fingerprint density at radius 3 is 0.556 bits per heavy atom. The van der Waals surface area contributed by atoms with Gasteiger partial charge in [0.2, 0.25) is 0 Å². The quantitative estimate of drug-likeness (QED) is 0.328. The van der Waals surface area contributed by atoms with Gasteiger partial charge in [-0.1, -0.05) is 0 Å². The van der Waals surface area contributed by atoms with Crippen molar-refractivity contribution in [3.63, 3.8) is 0 Å². The van der Waals surface area contributed by atoms with Gasteiger partial charge in [-0.25, -0.2) is 11.9 Å². The summed E-state index contributed by atoms with van der Waals surface area (Å²) in [7, 11) is 0. The second-order valence-corrected chi connectivity index (χ2v) is 0. The molecule has 9 heteroatoms. The number of rotatable bonds is 0. The minimum Gasteiger partial charge on any atom is -0.769 e. The normalized spacial score (nSPS) is 0.667. The summed E-state index contributed by atoms with van der Waals surface area (Å²) in [5.74, 6) is 0. The molecule has 12 N–H and O–H groups in total. The summed E-state index contributed by atoms with van der Waals surface area (Å²) < 4.78 is 7.72. The van der Waals surface area contributed by atoms with Crippen LogP contribution in [-0.4, -0.2) is 32.9 Å². The number of halogens is 1. The van der Waals surface area contributed by atoms with E-state index >= 15 is 0 Å². The minimum absolute atomic E-state index is 0.